The van der Waals surface area contributed by atoms with Gasteiger partial charge in [0.05, 0.1) is 29.4 Å². The number of rotatable bonds is 6. The van der Waals surface area contributed by atoms with Gasteiger partial charge in [-0.3, -0.25) is 9.69 Å². The number of anilines is 1. The lowest BCUT2D eigenvalue weighted by atomic mass is 10.3. The Kier molecular flexibility index (Phi) is 5.76. The summed E-state index contributed by atoms with van der Waals surface area (Å²) in [6.07, 6.45) is 0. The van der Waals surface area contributed by atoms with Crippen LogP contribution in [-0.4, -0.2) is 36.5 Å². The Morgan fingerprint density at radius 3 is 2.86 bits per heavy atom. The number of methoxy groups -OCH3 is 1. The Hall–Kier alpha value is -1.63. The van der Waals surface area contributed by atoms with Gasteiger partial charge in [-0.25, -0.2) is 4.98 Å². The predicted molar refractivity (Wildman–Crippen MR) is 89.8 cm³/mol. The quantitative estimate of drug-likeness (QED) is 0.878. The fourth-order valence-corrected chi connectivity index (χ4v) is 2.86. The molecule has 118 valence electrons. The second-order valence-corrected chi connectivity index (χ2v) is 6.40. The number of aryl methyl sites for hydroxylation is 1. The number of aromatic nitrogens is 1. The van der Waals surface area contributed by atoms with Gasteiger partial charge < -0.3 is 10.1 Å². The summed E-state index contributed by atoms with van der Waals surface area (Å²) in [6, 6.07) is 5.15. The fraction of sp³-hybridized carbons (Fsp3) is 0.333. The molecular weight excluding hydrogens is 322 g/mol. The number of thiazole rings is 1. The highest BCUT2D eigenvalue weighted by Gasteiger charge is 2.10. The maximum Gasteiger partial charge on any atom is 0.238 e. The lowest BCUT2D eigenvalue weighted by molar-refractivity contribution is -0.117. The van der Waals surface area contributed by atoms with Crippen LogP contribution in [0.1, 0.15) is 10.7 Å². The summed E-state index contributed by atoms with van der Waals surface area (Å²) < 4.78 is 5.08. The van der Waals surface area contributed by atoms with Gasteiger partial charge in [0.25, 0.3) is 0 Å². The number of ether oxygens (including phenoxy) is 1. The molecule has 0 unspecified atom stereocenters. The highest BCUT2D eigenvalue weighted by molar-refractivity contribution is 7.09. The molecule has 0 saturated heterocycles. The van der Waals surface area contributed by atoms with Gasteiger partial charge in [-0.15, -0.1) is 11.3 Å². The molecule has 1 aromatic heterocycles. The molecule has 0 aliphatic carbocycles. The van der Waals surface area contributed by atoms with Crippen LogP contribution in [0.3, 0.4) is 0 Å². The third-order valence-corrected chi connectivity index (χ3v) is 4.07. The molecule has 22 heavy (non-hydrogen) atoms. The summed E-state index contributed by atoms with van der Waals surface area (Å²) in [5.74, 6) is 0.478. The Balaban J connectivity index is 1.88. The zero-order chi connectivity index (χ0) is 16.1. The van der Waals surface area contributed by atoms with Crippen molar-refractivity contribution in [2.45, 2.75) is 13.5 Å². The van der Waals surface area contributed by atoms with Crippen molar-refractivity contribution in [2.75, 3.05) is 26.0 Å². The van der Waals surface area contributed by atoms with Crippen molar-refractivity contribution in [2.24, 2.45) is 0 Å². The molecule has 0 fully saturated rings. The zero-order valence-corrected chi connectivity index (χ0v) is 14.3. The highest BCUT2D eigenvalue weighted by atomic mass is 35.5. The minimum Gasteiger partial charge on any atom is -0.495 e. The van der Waals surface area contributed by atoms with Crippen LogP contribution in [0.2, 0.25) is 5.02 Å². The number of nitrogens with one attached hydrogen (secondary N) is 1. The van der Waals surface area contributed by atoms with Crippen LogP contribution >= 0.6 is 22.9 Å². The van der Waals surface area contributed by atoms with E-state index in [4.69, 9.17) is 16.3 Å². The second kappa shape index (κ2) is 7.58. The van der Waals surface area contributed by atoms with Gasteiger partial charge in [0, 0.05) is 17.6 Å². The third kappa shape index (κ3) is 4.69. The van der Waals surface area contributed by atoms with Gasteiger partial charge >= 0.3 is 0 Å². The number of halogens is 1. The van der Waals surface area contributed by atoms with Crippen LogP contribution in [0.5, 0.6) is 5.75 Å². The van der Waals surface area contributed by atoms with Crippen molar-refractivity contribution in [3.05, 3.63) is 39.3 Å². The molecule has 0 spiro atoms. The maximum atomic E-state index is 12.0. The summed E-state index contributed by atoms with van der Waals surface area (Å²) in [4.78, 5) is 18.3. The summed E-state index contributed by atoms with van der Waals surface area (Å²) >= 11 is 7.64. The number of hydrogen-bond donors (Lipinski definition) is 1. The van der Waals surface area contributed by atoms with Gasteiger partial charge in [-0.1, -0.05) is 11.6 Å². The van der Waals surface area contributed by atoms with Crippen molar-refractivity contribution in [1.29, 1.82) is 0 Å². The molecule has 0 aliphatic heterocycles. The van der Waals surface area contributed by atoms with Gasteiger partial charge in [-0.2, -0.15) is 0 Å². The molecule has 0 radical (unpaired) electrons. The Morgan fingerprint density at radius 1 is 1.50 bits per heavy atom. The Labute approximate surface area is 138 Å². The molecule has 5 nitrogen and oxygen atoms in total. The normalized spacial score (nSPS) is 10.8. The van der Waals surface area contributed by atoms with Crippen LogP contribution in [-0.2, 0) is 11.3 Å². The molecular formula is C15H18ClN3O2S. The van der Waals surface area contributed by atoms with Gasteiger partial charge in [-0.05, 0) is 32.2 Å². The van der Waals surface area contributed by atoms with E-state index in [1.165, 1.54) is 0 Å². The topological polar surface area (TPSA) is 54.5 Å². The van der Waals surface area contributed by atoms with Crippen LogP contribution in [0.25, 0.3) is 0 Å². The van der Waals surface area contributed by atoms with Crippen LogP contribution in [0, 0.1) is 6.92 Å². The molecule has 1 N–H and O–H groups in total. The van der Waals surface area contributed by atoms with E-state index < -0.39 is 0 Å². The number of carbonyl (C=O) groups is 1. The van der Waals surface area contributed by atoms with Crippen molar-refractivity contribution in [3.63, 3.8) is 0 Å². The molecule has 2 aromatic rings. The minimum atomic E-state index is -0.101. The highest BCUT2D eigenvalue weighted by Crippen LogP contribution is 2.27. The van der Waals surface area contributed by atoms with E-state index in [0.717, 1.165) is 10.7 Å². The van der Waals surface area contributed by atoms with Crippen LogP contribution in [0.15, 0.2) is 23.6 Å². The summed E-state index contributed by atoms with van der Waals surface area (Å²) in [5, 5.41) is 6.32. The number of likely N-dealkylation sites (N-methyl/N-ethyl adjacent to an activating group) is 1. The van der Waals surface area contributed by atoms with Gasteiger partial charge in [0.1, 0.15) is 5.75 Å². The zero-order valence-electron chi connectivity index (χ0n) is 12.7. The van der Waals surface area contributed by atoms with Crippen molar-refractivity contribution in [1.82, 2.24) is 9.88 Å². The van der Waals surface area contributed by atoms with Crippen LogP contribution in [0.4, 0.5) is 5.69 Å². The predicted octanol–water partition coefficient (Wildman–Crippen LogP) is 3.18. The molecule has 1 aromatic carbocycles. The van der Waals surface area contributed by atoms with E-state index in [2.05, 4.69) is 10.3 Å². The molecule has 7 heteroatoms. The summed E-state index contributed by atoms with van der Waals surface area (Å²) in [7, 11) is 3.43. The first-order valence-electron chi connectivity index (χ1n) is 6.71. The maximum absolute atomic E-state index is 12.0. The molecule has 1 amide bonds. The number of nitrogens with zero attached hydrogens (tertiary/aromatic N) is 2. The van der Waals surface area contributed by atoms with Gasteiger partial charge in [0.15, 0.2) is 0 Å². The monoisotopic (exact) mass is 339 g/mol. The largest absolute Gasteiger partial charge is 0.495 e. The third-order valence-electron chi connectivity index (χ3n) is 2.95. The average molecular weight is 340 g/mol. The molecule has 2 rings (SSSR count). The molecule has 1 heterocycles. The van der Waals surface area contributed by atoms with Crippen molar-refractivity contribution < 1.29 is 9.53 Å². The van der Waals surface area contributed by atoms with E-state index in [0.29, 0.717) is 23.0 Å². The molecule has 0 aliphatic rings. The lowest BCUT2D eigenvalue weighted by Crippen LogP contribution is -2.29. The van der Waals surface area contributed by atoms with E-state index in [9.17, 15) is 4.79 Å². The van der Waals surface area contributed by atoms with Crippen molar-refractivity contribution in [3.8, 4) is 5.75 Å². The summed E-state index contributed by atoms with van der Waals surface area (Å²) in [6.45, 7) is 2.88. The first-order valence-corrected chi connectivity index (χ1v) is 7.96. The van der Waals surface area contributed by atoms with E-state index in [1.54, 1.807) is 36.6 Å². The lowest BCUT2D eigenvalue weighted by Gasteiger charge is -2.15. The average Bonchev–Trinajstić information content (AvgIpc) is 2.83. The van der Waals surface area contributed by atoms with E-state index in [1.807, 2.05) is 24.3 Å². The first-order chi connectivity index (χ1) is 10.5. The molecule has 0 atom stereocenters. The number of hydrogen-bond acceptors (Lipinski definition) is 5. The SMILES string of the molecule is COc1ccc(NC(=O)CN(C)Cc2csc(C)n2)cc1Cl. The number of amides is 1. The second-order valence-electron chi connectivity index (χ2n) is 4.93. The summed E-state index contributed by atoms with van der Waals surface area (Å²) in [5.41, 5.74) is 1.62. The van der Waals surface area contributed by atoms with Crippen molar-refractivity contribution >= 4 is 34.5 Å². The van der Waals surface area contributed by atoms with E-state index in [-0.39, 0.29) is 12.5 Å². The molecule has 0 saturated carbocycles. The van der Waals surface area contributed by atoms with Gasteiger partial charge in [0.2, 0.25) is 5.91 Å². The Bertz CT molecular complexity index is 660. The minimum absolute atomic E-state index is 0.101. The standard InChI is InChI=1S/C15H18ClN3O2S/c1-10-17-12(9-22-10)7-19(2)8-15(20)18-11-4-5-14(21-3)13(16)6-11/h4-6,9H,7-8H2,1-3H3,(H,18,20). The number of carbonyl (C=O) groups excluding carboxylic acids is 1. The smallest absolute Gasteiger partial charge is 0.238 e. The number of benzene rings is 1. The van der Waals surface area contributed by atoms with Crippen LogP contribution < -0.4 is 10.1 Å². The first kappa shape index (κ1) is 16.7. The molecule has 0 bridgehead atoms. The Morgan fingerprint density at radius 2 is 2.27 bits per heavy atom. The fourth-order valence-electron chi connectivity index (χ4n) is 2.00. The van der Waals surface area contributed by atoms with E-state index >= 15 is 0 Å².